The van der Waals surface area contributed by atoms with E-state index in [0.717, 1.165) is 29.7 Å². The summed E-state index contributed by atoms with van der Waals surface area (Å²) >= 11 is 0. The maximum Gasteiger partial charge on any atom is 0.410 e. The van der Waals surface area contributed by atoms with Crippen LogP contribution in [-0.2, 0) is 20.9 Å². The van der Waals surface area contributed by atoms with Gasteiger partial charge in [-0.2, -0.15) is 0 Å². The number of hydrogen-bond acceptors (Lipinski definition) is 4. The van der Waals surface area contributed by atoms with Gasteiger partial charge in [0.1, 0.15) is 12.6 Å². The minimum Gasteiger partial charge on any atom is -0.467 e. The smallest absolute Gasteiger partial charge is 0.410 e. The highest BCUT2D eigenvalue weighted by molar-refractivity contribution is 5.82. The quantitative estimate of drug-likeness (QED) is 0.707. The third kappa shape index (κ3) is 3.43. The number of esters is 1. The van der Waals surface area contributed by atoms with E-state index in [4.69, 9.17) is 9.47 Å². The van der Waals surface area contributed by atoms with E-state index < -0.39 is 12.1 Å². The molecule has 0 aromatic heterocycles. The Labute approximate surface area is 172 Å². The van der Waals surface area contributed by atoms with Crippen LogP contribution in [0.25, 0.3) is 0 Å². The molecule has 5 aliphatic rings. The lowest BCUT2D eigenvalue weighted by molar-refractivity contribution is -0.145. The van der Waals surface area contributed by atoms with Gasteiger partial charge in [0.15, 0.2) is 0 Å². The predicted molar refractivity (Wildman–Crippen MR) is 108 cm³/mol. The maximum absolute atomic E-state index is 12.9. The molecule has 1 heterocycles. The van der Waals surface area contributed by atoms with Crippen molar-refractivity contribution < 1.29 is 19.1 Å². The Bertz CT molecular complexity index is 741. The van der Waals surface area contributed by atoms with Gasteiger partial charge in [-0.05, 0) is 79.6 Å². The van der Waals surface area contributed by atoms with Gasteiger partial charge >= 0.3 is 12.1 Å². The summed E-state index contributed by atoms with van der Waals surface area (Å²) in [6, 6.07) is 9.16. The molecule has 1 saturated heterocycles. The fourth-order valence-electron chi connectivity index (χ4n) is 7.32. The molecule has 156 valence electrons. The van der Waals surface area contributed by atoms with Crippen LogP contribution in [0.1, 0.15) is 50.5 Å². The average molecular weight is 398 g/mol. The Hall–Kier alpha value is -2.04. The summed E-state index contributed by atoms with van der Waals surface area (Å²) in [6.45, 7) is 0.853. The molecule has 5 nitrogen and oxygen atoms in total. The first-order valence-electron chi connectivity index (χ1n) is 11.1. The molecular formula is C24H31NO4. The second kappa shape index (κ2) is 7.33. The maximum atomic E-state index is 12.9. The monoisotopic (exact) mass is 397 g/mol. The molecular weight excluding hydrogens is 366 g/mol. The second-order valence-corrected chi connectivity index (χ2v) is 9.94. The van der Waals surface area contributed by atoms with Crippen LogP contribution in [0.4, 0.5) is 4.79 Å². The van der Waals surface area contributed by atoms with Crippen LogP contribution < -0.4 is 0 Å². The Morgan fingerprint density at radius 2 is 1.62 bits per heavy atom. The molecule has 1 amide bonds. The third-order valence-corrected chi connectivity index (χ3v) is 8.17. The summed E-state index contributed by atoms with van der Waals surface area (Å²) in [5.74, 6) is 2.64. The molecule has 0 unspecified atom stereocenters. The van der Waals surface area contributed by atoms with Gasteiger partial charge < -0.3 is 9.47 Å². The summed E-state index contributed by atoms with van der Waals surface area (Å²) in [4.78, 5) is 27.1. The molecule has 4 aliphatic carbocycles. The normalized spacial score (nSPS) is 37.6. The number of carbonyl (C=O) groups is 2. The highest BCUT2D eigenvalue weighted by Gasteiger charge is 2.57. The summed E-state index contributed by atoms with van der Waals surface area (Å²) in [5, 5.41) is 0. The predicted octanol–water partition coefficient (Wildman–Crippen LogP) is 4.40. The first-order valence-corrected chi connectivity index (χ1v) is 11.1. The van der Waals surface area contributed by atoms with E-state index >= 15 is 0 Å². The van der Waals surface area contributed by atoms with E-state index in [-0.39, 0.29) is 12.6 Å². The number of methoxy groups -OCH3 is 1. The molecule has 5 fully saturated rings. The zero-order valence-electron chi connectivity index (χ0n) is 17.2. The van der Waals surface area contributed by atoms with E-state index in [1.54, 1.807) is 4.90 Å². The van der Waals surface area contributed by atoms with Crippen molar-refractivity contribution in [2.24, 2.45) is 29.1 Å². The molecule has 0 N–H and O–H groups in total. The molecule has 5 heteroatoms. The van der Waals surface area contributed by atoms with Crippen LogP contribution in [-0.4, -0.2) is 36.7 Å². The first-order chi connectivity index (χ1) is 14.1. The zero-order chi connectivity index (χ0) is 20.0. The Morgan fingerprint density at radius 3 is 2.21 bits per heavy atom. The number of nitrogens with zero attached hydrogens (tertiary/aromatic N) is 1. The van der Waals surface area contributed by atoms with Crippen molar-refractivity contribution in [3.8, 4) is 0 Å². The van der Waals surface area contributed by atoms with Crippen LogP contribution in [0.2, 0.25) is 0 Å². The standard InChI is InChI=1S/C24H31NO4/c1-28-22(26)21-10-20(24-11-17-7-18(12-24)9-19(8-17)13-24)14-25(21)23(27)29-15-16-5-3-2-4-6-16/h2-6,17-21H,7-15H2,1H3/t17?,18?,19?,20-,21-,24?/m0/s1. The number of likely N-dealkylation sites (tertiary alicyclic amines) is 1. The molecule has 2 atom stereocenters. The van der Waals surface area contributed by atoms with Gasteiger partial charge in [-0.15, -0.1) is 0 Å². The van der Waals surface area contributed by atoms with Gasteiger partial charge in [0.2, 0.25) is 0 Å². The van der Waals surface area contributed by atoms with Crippen LogP contribution in [0.15, 0.2) is 30.3 Å². The van der Waals surface area contributed by atoms with E-state index in [2.05, 4.69) is 0 Å². The fourth-order valence-corrected chi connectivity index (χ4v) is 7.32. The van der Waals surface area contributed by atoms with Crippen molar-refractivity contribution in [1.82, 2.24) is 4.90 Å². The van der Waals surface area contributed by atoms with Gasteiger partial charge in [-0.3, -0.25) is 4.90 Å². The lowest BCUT2D eigenvalue weighted by Gasteiger charge is -2.59. The molecule has 29 heavy (non-hydrogen) atoms. The van der Waals surface area contributed by atoms with E-state index in [0.29, 0.717) is 17.9 Å². The third-order valence-electron chi connectivity index (χ3n) is 8.17. The summed E-state index contributed by atoms with van der Waals surface area (Å²) in [5.41, 5.74) is 1.27. The number of ether oxygens (including phenoxy) is 2. The van der Waals surface area contributed by atoms with Gasteiger partial charge in [-0.25, -0.2) is 9.59 Å². The topological polar surface area (TPSA) is 55.8 Å². The van der Waals surface area contributed by atoms with Crippen molar-refractivity contribution >= 4 is 12.1 Å². The summed E-state index contributed by atoms with van der Waals surface area (Å²) < 4.78 is 10.6. The molecule has 4 saturated carbocycles. The minimum atomic E-state index is -0.513. The molecule has 1 aromatic rings. The van der Waals surface area contributed by atoms with Gasteiger partial charge in [0.05, 0.1) is 7.11 Å². The van der Waals surface area contributed by atoms with Crippen molar-refractivity contribution in [3.63, 3.8) is 0 Å². The van der Waals surface area contributed by atoms with Gasteiger partial charge in [0.25, 0.3) is 0 Å². The van der Waals surface area contributed by atoms with Crippen LogP contribution in [0.3, 0.4) is 0 Å². The lowest BCUT2D eigenvalue weighted by atomic mass is 9.46. The lowest BCUT2D eigenvalue weighted by Crippen LogP contribution is -2.50. The Morgan fingerprint density at radius 1 is 1.00 bits per heavy atom. The van der Waals surface area contributed by atoms with Crippen molar-refractivity contribution in [1.29, 1.82) is 0 Å². The number of benzene rings is 1. The number of amides is 1. The van der Waals surface area contributed by atoms with E-state index in [1.807, 2.05) is 30.3 Å². The van der Waals surface area contributed by atoms with Crippen LogP contribution in [0.5, 0.6) is 0 Å². The van der Waals surface area contributed by atoms with E-state index in [9.17, 15) is 9.59 Å². The second-order valence-electron chi connectivity index (χ2n) is 9.94. The molecule has 6 rings (SSSR count). The van der Waals surface area contributed by atoms with Gasteiger partial charge in [-0.1, -0.05) is 30.3 Å². The minimum absolute atomic E-state index is 0.228. The Kier molecular flexibility index (Phi) is 4.79. The number of carbonyl (C=O) groups excluding carboxylic acids is 2. The van der Waals surface area contributed by atoms with Gasteiger partial charge in [0, 0.05) is 6.54 Å². The largest absolute Gasteiger partial charge is 0.467 e. The highest BCUT2D eigenvalue weighted by Crippen LogP contribution is 2.64. The molecule has 1 aliphatic heterocycles. The number of rotatable bonds is 4. The van der Waals surface area contributed by atoms with Crippen molar-refractivity contribution in [2.45, 2.75) is 57.6 Å². The number of hydrogen-bond donors (Lipinski definition) is 0. The Balaban J connectivity index is 1.32. The van der Waals surface area contributed by atoms with E-state index in [1.165, 1.54) is 45.6 Å². The molecule has 0 radical (unpaired) electrons. The molecule has 0 spiro atoms. The summed E-state index contributed by atoms with van der Waals surface area (Å²) in [7, 11) is 1.41. The van der Waals surface area contributed by atoms with Crippen molar-refractivity contribution in [2.75, 3.05) is 13.7 Å². The molecule has 4 bridgehead atoms. The van der Waals surface area contributed by atoms with Crippen LogP contribution >= 0.6 is 0 Å². The average Bonchev–Trinajstić information content (AvgIpc) is 3.18. The van der Waals surface area contributed by atoms with Crippen molar-refractivity contribution in [3.05, 3.63) is 35.9 Å². The fraction of sp³-hybridized carbons (Fsp3) is 0.667. The first kappa shape index (κ1) is 19.0. The highest BCUT2D eigenvalue weighted by atomic mass is 16.6. The van der Waals surface area contributed by atoms with Crippen LogP contribution in [0, 0.1) is 29.1 Å². The SMILES string of the molecule is COC(=O)[C@@H]1C[C@H](C23CC4CC(CC(C4)C2)C3)CN1C(=O)OCc1ccccc1. The molecule has 1 aromatic carbocycles. The zero-order valence-corrected chi connectivity index (χ0v) is 17.2. The summed E-state index contributed by atoms with van der Waals surface area (Å²) in [6.07, 6.45) is 8.37.